The van der Waals surface area contributed by atoms with Gasteiger partial charge in [-0.2, -0.15) is 0 Å². The van der Waals surface area contributed by atoms with E-state index >= 15 is 0 Å². The van der Waals surface area contributed by atoms with Gasteiger partial charge in [0.2, 0.25) is 5.91 Å². The molecular formula is C22H24N4O2S2. The molecule has 0 saturated carbocycles. The number of amides is 1. The summed E-state index contributed by atoms with van der Waals surface area (Å²) < 4.78 is 8.51. The monoisotopic (exact) mass is 440 g/mol. The molecule has 0 radical (unpaired) electrons. The number of para-hydroxylation sites is 3. The third kappa shape index (κ3) is 4.21. The zero-order chi connectivity index (χ0) is 21.1. The predicted molar refractivity (Wildman–Crippen MR) is 123 cm³/mol. The zero-order valence-corrected chi connectivity index (χ0v) is 18.9. The van der Waals surface area contributed by atoms with Crippen LogP contribution < -0.4 is 0 Å². The maximum Gasteiger partial charge on any atom is 0.233 e. The fraction of sp³-hybridized carbons (Fsp3) is 0.318. The lowest BCUT2D eigenvalue weighted by atomic mass is 10.3. The van der Waals surface area contributed by atoms with E-state index in [9.17, 15) is 4.79 Å². The molecule has 1 amide bonds. The van der Waals surface area contributed by atoms with Crippen molar-refractivity contribution in [3.63, 3.8) is 0 Å². The summed E-state index contributed by atoms with van der Waals surface area (Å²) in [4.78, 5) is 24.1. The number of hydrogen-bond donors (Lipinski definition) is 0. The average Bonchev–Trinajstić information content (AvgIpc) is 3.36. The molecule has 0 aliphatic heterocycles. The van der Waals surface area contributed by atoms with Crippen LogP contribution in [-0.2, 0) is 16.1 Å². The fourth-order valence-corrected chi connectivity index (χ4v) is 5.27. The van der Waals surface area contributed by atoms with Gasteiger partial charge in [-0.3, -0.25) is 4.79 Å². The molecule has 4 rings (SSSR count). The number of benzene rings is 2. The number of thiazole rings is 1. The lowest BCUT2D eigenvalue weighted by molar-refractivity contribution is -0.128. The molecule has 0 bridgehead atoms. The van der Waals surface area contributed by atoms with E-state index in [1.165, 1.54) is 11.8 Å². The Morgan fingerprint density at radius 2 is 1.90 bits per heavy atom. The highest BCUT2D eigenvalue weighted by Crippen LogP contribution is 2.30. The normalized spacial score (nSPS) is 12.5. The average molecular weight is 441 g/mol. The summed E-state index contributed by atoms with van der Waals surface area (Å²) >= 11 is 3.10. The number of carbonyl (C=O) groups excluding carboxylic acids is 1. The van der Waals surface area contributed by atoms with Crippen LogP contribution in [0.25, 0.3) is 21.3 Å². The molecule has 2 aromatic carbocycles. The lowest BCUT2D eigenvalue weighted by Gasteiger charge is -2.23. The van der Waals surface area contributed by atoms with Crippen LogP contribution in [0.2, 0.25) is 0 Å². The molecule has 156 valence electrons. The molecule has 0 aliphatic carbocycles. The Labute approximate surface area is 183 Å². The summed E-state index contributed by atoms with van der Waals surface area (Å²) in [6.07, 6.45) is 0. The van der Waals surface area contributed by atoms with Gasteiger partial charge in [-0.25, -0.2) is 9.97 Å². The first kappa shape index (κ1) is 20.8. The molecule has 0 aliphatic rings. The van der Waals surface area contributed by atoms with Crippen molar-refractivity contribution in [3.8, 4) is 0 Å². The van der Waals surface area contributed by atoms with Gasteiger partial charge in [-0.1, -0.05) is 36.0 Å². The molecule has 0 saturated heterocycles. The minimum absolute atomic E-state index is 0.0529. The molecular weight excluding hydrogens is 416 g/mol. The topological polar surface area (TPSA) is 60.2 Å². The standard InChI is InChI=1S/C22H24N4O2S2/c1-15(21-23-17-9-5-7-11-19(17)30-21)25(2)20(27)14-29-22-24-16-8-4-6-10-18(16)26(22)12-13-28-3/h4-11,15H,12-14H2,1-3H3/t15-/m0/s1. The molecule has 0 unspecified atom stereocenters. The fourth-order valence-electron chi connectivity index (χ4n) is 3.24. The quantitative estimate of drug-likeness (QED) is 0.375. The second-order valence-corrected chi connectivity index (χ2v) is 9.02. The van der Waals surface area contributed by atoms with Crippen molar-refractivity contribution in [2.45, 2.75) is 24.7 Å². The van der Waals surface area contributed by atoms with Crippen LogP contribution in [0, 0.1) is 0 Å². The molecule has 2 aromatic heterocycles. The number of fused-ring (bicyclic) bond motifs is 2. The number of carbonyl (C=O) groups is 1. The summed E-state index contributed by atoms with van der Waals surface area (Å²) in [7, 11) is 3.53. The van der Waals surface area contributed by atoms with Crippen LogP contribution in [0.15, 0.2) is 53.7 Å². The molecule has 6 nitrogen and oxygen atoms in total. The minimum Gasteiger partial charge on any atom is -0.383 e. The Kier molecular flexibility index (Phi) is 6.36. The number of thioether (sulfide) groups is 1. The summed E-state index contributed by atoms with van der Waals surface area (Å²) in [5.41, 5.74) is 2.96. The zero-order valence-electron chi connectivity index (χ0n) is 17.2. The molecule has 0 spiro atoms. The van der Waals surface area contributed by atoms with E-state index in [0.29, 0.717) is 18.9 Å². The third-order valence-corrected chi connectivity index (χ3v) is 7.27. The van der Waals surface area contributed by atoms with Gasteiger partial charge >= 0.3 is 0 Å². The van der Waals surface area contributed by atoms with E-state index < -0.39 is 0 Å². The van der Waals surface area contributed by atoms with Crippen molar-refractivity contribution in [2.24, 2.45) is 0 Å². The van der Waals surface area contributed by atoms with Crippen LogP contribution in [0.1, 0.15) is 18.0 Å². The van der Waals surface area contributed by atoms with E-state index in [4.69, 9.17) is 14.7 Å². The van der Waals surface area contributed by atoms with Crippen LogP contribution in [0.3, 0.4) is 0 Å². The summed E-state index contributed by atoms with van der Waals surface area (Å²) in [5, 5.41) is 1.78. The molecule has 1 atom stereocenters. The minimum atomic E-state index is -0.0807. The maximum absolute atomic E-state index is 12.9. The van der Waals surface area contributed by atoms with Gasteiger partial charge in [0.15, 0.2) is 5.16 Å². The van der Waals surface area contributed by atoms with Gasteiger partial charge in [-0.15, -0.1) is 11.3 Å². The van der Waals surface area contributed by atoms with Crippen LogP contribution in [0.5, 0.6) is 0 Å². The first-order valence-electron chi connectivity index (χ1n) is 9.76. The second kappa shape index (κ2) is 9.16. The summed E-state index contributed by atoms with van der Waals surface area (Å²) in [6, 6.07) is 16.0. The Hall–Kier alpha value is -2.42. The van der Waals surface area contributed by atoms with Crippen LogP contribution in [-0.4, -0.2) is 51.9 Å². The van der Waals surface area contributed by atoms with Crippen molar-refractivity contribution in [1.82, 2.24) is 19.4 Å². The molecule has 4 aromatic rings. The molecule has 2 heterocycles. The Bertz CT molecular complexity index is 1140. The maximum atomic E-state index is 12.9. The molecule has 0 fully saturated rings. The smallest absolute Gasteiger partial charge is 0.233 e. The van der Waals surface area contributed by atoms with Crippen molar-refractivity contribution < 1.29 is 9.53 Å². The van der Waals surface area contributed by atoms with Crippen LogP contribution >= 0.6 is 23.1 Å². The van der Waals surface area contributed by atoms with Crippen molar-refractivity contribution in [3.05, 3.63) is 53.5 Å². The van der Waals surface area contributed by atoms with Gasteiger partial charge in [0.1, 0.15) is 5.01 Å². The Morgan fingerprint density at radius 3 is 2.67 bits per heavy atom. The van der Waals surface area contributed by atoms with Crippen molar-refractivity contribution in [2.75, 3.05) is 26.5 Å². The van der Waals surface area contributed by atoms with E-state index in [1.54, 1.807) is 23.3 Å². The summed E-state index contributed by atoms with van der Waals surface area (Å²) in [5.74, 6) is 0.374. The second-order valence-electron chi connectivity index (χ2n) is 7.02. The Morgan fingerprint density at radius 1 is 1.17 bits per heavy atom. The van der Waals surface area contributed by atoms with Gasteiger partial charge in [0.25, 0.3) is 0 Å². The summed E-state index contributed by atoms with van der Waals surface area (Å²) in [6.45, 7) is 3.32. The predicted octanol–water partition coefficient (Wildman–Crippen LogP) is 4.60. The number of rotatable bonds is 8. The number of ether oxygens (including phenoxy) is 1. The van der Waals surface area contributed by atoms with Gasteiger partial charge in [-0.05, 0) is 31.2 Å². The molecule has 8 heteroatoms. The highest BCUT2D eigenvalue weighted by atomic mass is 32.2. The lowest BCUT2D eigenvalue weighted by Crippen LogP contribution is -2.31. The highest BCUT2D eigenvalue weighted by molar-refractivity contribution is 7.99. The SMILES string of the molecule is COCCn1c(SCC(=O)N(C)[C@@H](C)c2nc3ccccc3s2)nc2ccccc21. The molecule has 30 heavy (non-hydrogen) atoms. The first-order valence-corrected chi connectivity index (χ1v) is 11.6. The first-order chi connectivity index (χ1) is 14.6. The van der Waals surface area contributed by atoms with E-state index in [-0.39, 0.29) is 11.9 Å². The van der Waals surface area contributed by atoms with Crippen molar-refractivity contribution >= 4 is 50.3 Å². The molecule has 0 N–H and O–H groups in total. The number of methoxy groups -OCH3 is 1. The number of nitrogens with zero attached hydrogens (tertiary/aromatic N) is 4. The Balaban J connectivity index is 1.47. The van der Waals surface area contributed by atoms with E-state index in [2.05, 4.69) is 10.6 Å². The number of aromatic nitrogens is 3. The van der Waals surface area contributed by atoms with Gasteiger partial charge in [0.05, 0.1) is 39.7 Å². The van der Waals surface area contributed by atoms with Crippen LogP contribution in [0.4, 0.5) is 0 Å². The van der Waals surface area contributed by atoms with E-state index in [1.807, 2.05) is 56.4 Å². The largest absolute Gasteiger partial charge is 0.383 e. The number of hydrogen-bond acceptors (Lipinski definition) is 6. The van der Waals surface area contributed by atoms with Gasteiger partial charge < -0.3 is 14.2 Å². The third-order valence-electron chi connectivity index (χ3n) is 5.11. The highest BCUT2D eigenvalue weighted by Gasteiger charge is 2.22. The number of imidazole rings is 1. The van der Waals surface area contributed by atoms with Crippen molar-refractivity contribution in [1.29, 1.82) is 0 Å². The van der Waals surface area contributed by atoms with E-state index in [0.717, 1.165) is 31.4 Å². The van der Waals surface area contributed by atoms with Gasteiger partial charge in [0, 0.05) is 20.7 Å².